The second kappa shape index (κ2) is 17.9. The number of nitrogens with zero attached hydrogens (tertiary/aromatic N) is 5. The van der Waals surface area contributed by atoms with E-state index in [2.05, 4.69) is 277 Å². The van der Waals surface area contributed by atoms with Gasteiger partial charge in [-0.1, -0.05) is 173 Å². The zero-order valence-corrected chi connectivity index (χ0v) is 50.5. The summed E-state index contributed by atoms with van der Waals surface area (Å²) in [4.78, 5) is 13.3. The average Bonchev–Trinajstić information content (AvgIpc) is 1.69. The fourth-order valence-corrected chi connectivity index (χ4v) is 19.9. The zero-order chi connectivity index (χ0) is 57.7. The minimum absolute atomic E-state index is 0.00979. The van der Waals surface area contributed by atoms with Crippen LogP contribution < -0.4 is 61.3 Å². The van der Waals surface area contributed by atoms with Gasteiger partial charge in [0.2, 0.25) is 0 Å². The summed E-state index contributed by atoms with van der Waals surface area (Å²) in [6.45, 7) is 10.0. The molecule has 1 aromatic heterocycles. The molecule has 0 N–H and O–H groups in total. The first-order chi connectivity index (χ1) is 42.6. The summed E-state index contributed by atoms with van der Waals surface area (Å²) in [5, 5.41) is 1.28. The van der Waals surface area contributed by atoms with Crippen molar-refractivity contribution >= 4 is 141 Å². The van der Waals surface area contributed by atoms with E-state index in [-0.39, 0.29) is 35.3 Å². The smallest absolute Gasteiger partial charge is 0.264 e. The van der Waals surface area contributed by atoms with E-state index in [0.29, 0.717) is 0 Å². The Morgan fingerprint density at radius 3 is 1.47 bits per heavy atom. The van der Waals surface area contributed by atoms with Crippen LogP contribution in [0.15, 0.2) is 224 Å². The Hall–Kier alpha value is -8.91. The van der Waals surface area contributed by atoms with Gasteiger partial charge in [-0.2, -0.15) is 0 Å². The summed E-state index contributed by atoms with van der Waals surface area (Å²) in [6.07, 6.45) is 9.45. The molecule has 8 aliphatic rings. The molecule has 0 saturated heterocycles. The fourth-order valence-electron chi connectivity index (χ4n) is 18.6. The predicted octanol–water partition coefficient (Wildman–Crippen LogP) is 16.9. The van der Waals surface area contributed by atoms with Gasteiger partial charge < -0.3 is 29.2 Å². The summed E-state index contributed by atoms with van der Waals surface area (Å²) in [5.74, 6) is 1.83. The van der Waals surface area contributed by atoms with Crippen LogP contribution in [0.1, 0.15) is 90.2 Å². The molecule has 4 atom stereocenters. The molecule has 9 heteroatoms. The van der Waals surface area contributed by atoms with E-state index in [1.54, 1.807) is 0 Å². The van der Waals surface area contributed by atoms with Crippen molar-refractivity contribution in [1.29, 1.82) is 0 Å². The molecule has 87 heavy (non-hydrogen) atoms. The summed E-state index contributed by atoms with van der Waals surface area (Å²) in [7, 11) is 0. The van der Waals surface area contributed by atoms with E-state index >= 15 is 0 Å². The molecular weight excluding hydrogens is 1080 g/mol. The van der Waals surface area contributed by atoms with Gasteiger partial charge in [0.15, 0.2) is 0 Å². The number of hydrogen-bond donors (Lipinski definition) is 0. The second-order valence-corrected chi connectivity index (χ2v) is 28.0. The van der Waals surface area contributed by atoms with E-state index in [1.165, 1.54) is 130 Å². The third-order valence-corrected chi connectivity index (χ3v) is 24.1. The third-order valence-electron chi connectivity index (χ3n) is 22.9. The van der Waals surface area contributed by atoms with E-state index in [1.807, 2.05) is 11.3 Å². The first-order valence-corrected chi connectivity index (χ1v) is 32.6. The largest absolute Gasteiger partial charge is 0.458 e. The van der Waals surface area contributed by atoms with Crippen LogP contribution in [0.4, 0.5) is 73.9 Å². The van der Waals surface area contributed by atoms with E-state index in [4.69, 9.17) is 4.74 Å². The van der Waals surface area contributed by atoms with Gasteiger partial charge in [-0.15, -0.1) is 11.3 Å². The molecule has 2 aliphatic carbocycles. The Morgan fingerprint density at radius 2 is 0.851 bits per heavy atom. The lowest BCUT2D eigenvalue weighted by Gasteiger charge is -2.51. The van der Waals surface area contributed by atoms with Crippen molar-refractivity contribution in [2.24, 2.45) is 0 Å². The first-order valence-electron chi connectivity index (χ1n) is 31.8. The standard InChI is InChI=1S/C78H65B2N5OS/c1-75-40-22-24-42-77(75,3)84(61-36-18-15-33-56(61)75)53-44-65-71-66(45-53)83(52-30-12-7-13-31-52)73-55-32-14-21-39-70(55)87-74(73)80(71)59-48-60-68(49-64(59)82(65)51-28-10-6-11-29-51)86-69-47-54(85-62-37-19-16-34-57(62)76(2)41-23-25-43-78(76,85)4)46-67-72(69)79(60)58-35-17-20-38-63(58)81(67)50-26-8-5-9-27-50/h5-21,26-39,44-49H,22-25,40-43H2,1-4H3. The summed E-state index contributed by atoms with van der Waals surface area (Å²) in [5.41, 5.74) is 24.7. The highest BCUT2D eigenvalue weighted by Gasteiger charge is 2.60. The molecule has 4 unspecified atom stereocenters. The molecule has 6 aliphatic heterocycles. The van der Waals surface area contributed by atoms with Crippen LogP contribution in [0, 0.1) is 0 Å². The molecule has 0 bridgehead atoms. The van der Waals surface area contributed by atoms with Gasteiger partial charge in [0, 0.05) is 106 Å². The van der Waals surface area contributed by atoms with Gasteiger partial charge in [0.1, 0.15) is 11.5 Å². The molecule has 11 aromatic rings. The molecule has 0 amide bonds. The maximum Gasteiger partial charge on any atom is 0.264 e. The second-order valence-electron chi connectivity index (χ2n) is 26.9. The first kappa shape index (κ1) is 50.3. The van der Waals surface area contributed by atoms with Gasteiger partial charge in [-0.25, -0.2) is 0 Å². The number of ether oxygens (including phenoxy) is 1. The van der Waals surface area contributed by atoms with E-state index < -0.39 is 0 Å². The van der Waals surface area contributed by atoms with Crippen molar-refractivity contribution in [1.82, 2.24) is 0 Å². The molecule has 2 fully saturated rings. The van der Waals surface area contributed by atoms with Gasteiger partial charge in [0.05, 0.1) is 16.8 Å². The van der Waals surface area contributed by atoms with Gasteiger partial charge >= 0.3 is 0 Å². The van der Waals surface area contributed by atoms with Crippen LogP contribution in [-0.4, -0.2) is 24.5 Å². The van der Waals surface area contributed by atoms with Crippen molar-refractivity contribution in [3.63, 3.8) is 0 Å². The number of anilines is 13. The SMILES string of the molecule is CC12CCCCC1(C)N(c1cc3c4c(c1)N(c1ccccc1)c1ccccc1B4c1cc4c(cc1O3)N(c1ccccc1)c1cc(N3c5ccccc5C5(C)CCCCC35C)cc3c1B4c1sc4ccccc4c1N3c1ccccc1)c1ccccc12. The molecule has 2 saturated carbocycles. The third kappa shape index (κ3) is 6.48. The minimum Gasteiger partial charge on any atom is -0.458 e. The maximum absolute atomic E-state index is 7.88. The van der Waals surface area contributed by atoms with Crippen molar-refractivity contribution < 1.29 is 4.74 Å². The average molecular weight is 1140 g/mol. The van der Waals surface area contributed by atoms with E-state index in [0.717, 1.165) is 59.9 Å². The lowest BCUT2D eigenvalue weighted by atomic mass is 9.31. The topological polar surface area (TPSA) is 25.4 Å². The molecule has 420 valence electrons. The number of para-hydroxylation sites is 6. The van der Waals surface area contributed by atoms with Crippen molar-refractivity contribution in [2.75, 3.05) is 24.5 Å². The highest BCUT2D eigenvalue weighted by Crippen LogP contribution is 2.64. The van der Waals surface area contributed by atoms with Crippen LogP contribution in [-0.2, 0) is 10.8 Å². The molecular formula is C78H65B2N5OS. The predicted molar refractivity (Wildman–Crippen MR) is 367 cm³/mol. The zero-order valence-electron chi connectivity index (χ0n) is 49.7. The molecule has 19 rings (SSSR count). The maximum atomic E-state index is 7.88. The minimum atomic E-state index is -0.152. The Morgan fingerprint density at radius 1 is 0.368 bits per heavy atom. The molecule has 10 aromatic carbocycles. The highest BCUT2D eigenvalue weighted by molar-refractivity contribution is 7.33. The van der Waals surface area contributed by atoms with Crippen LogP contribution in [0.5, 0.6) is 11.5 Å². The Labute approximate surface area is 515 Å². The van der Waals surface area contributed by atoms with Gasteiger partial charge in [-0.05, 0) is 157 Å². The normalized spacial score (nSPS) is 22.9. The summed E-state index contributed by atoms with van der Waals surface area (Å²) in [6, 6.07) is 85.7. The van der Waals surface area contributed by atoms with Crippen LogP contribution in [0.3, 0.4) is 0 Å². The van der Waals surface area contributed by atoms with Gasteiger partial charge in [0.25, 0.3) is 13.4 Å². The van der Waals surface area contributed by atoms with Crippen LogP contribution >= 0.6 is 11.3 Å². The molecule has 0 spiro atoms. The van der Waals surface area contributed by atoms with Crippen molar-refractivity contribution in [3.8, 4) is 11.5 Å². The van der Waals surface area contributed by atoms with Gasteiger partial charge in [-0.3, -0.25) is 0 Å². The Kier molecular flexibility index (Phi) is 10.3. The van der Waals surface area contributed by atoms with Crippen LogP contribution in [0.25, 0.3) is 10.1 Å². The highest BCUT2D eigenvalue weighted by atomic mass is 32.1. The van der Waals surface area contributed by atoms with Crippen LogP contribution in [0.2, 0.25) is 0 Å². The number of thiophene rings is 1. The summed E-state index contributed by atoms with van der Waals surface area (Å²) >= 11 is 1.97. The monoisotopic (exact) mass is 1140 g/mol. The molecule has 7 heterocycles. The van der Waals surface area contributed by atoms with E-state index in [9.17, 15) is 0 Å². The lowest BCUT2D eigenvalue weighted by Crippen LogP contribution is -2.64. The number of benzene rings is 10. The Bertz CT molecular complexity index is 4720. The number of fused-ring (bicyclic) bond motifs is 16. The molecule has 0 radical (unpaired) electrons. The quantitative estimate of drug-likeness (QED) is 0.159. The number of rotatable bonds is 5. The fraction of sp³-hybridized carbons (Fsp3) is 0.205. The lowest BCUT2D eigenvalue weighted by molar-refractivity contribution is 0.195. The number of hydrogen-bond acceptors (Lipinski definition) is 7. The summed E-state index contributed by atoms with van der Waals surface area (Å²) < 4.78 is 10.5. The Balaban J connectivity index is 0.897. The van der Waals surface area contributed by atoms with Crippen molar-refractivity contribution in [2.45, 2.75) is 101 Å². The molecule has 6 nitrogen and oxygen atoms in total. The van der Waals surface area contributed by atoms with Crippen molar-refractivity contribution in [3.05, 3.63) is 236 Å².